The molecular weight excluding hydrogens is 1070 g/mol. The molecule has 0 atom stereocenters. The van der Waals surface area contributed by atoms with Crippen molar-refractivity contribution in [1.29, 1.82) is 5.26 Å². The predicted molar refractivity (Wildman–Crippen MR) is 291 cm³/mol. The van der Waals surface area contributed by atoms with Crippen LogP contribution in [0.1, 0.15) is 107 Å². The summed E-state index contributed by atoms with van der Waals surface area (Å²) < 4.78 is 0. The van der Waals surface area contributed by atoms with Gasteiger partial charge in [0.05, 0.1) is 0 Å². The van der Waals surface area contributed by atoms with E-state index in [0.29, 0.717) is 25.6 Å². The van der Waals surface area contributed by atoms with Gasteiger partial charge in [-0.15, -0.1) is 39.6 Å². The molecule has 0 fully saturated rings. The predicted octanol–water partition coefficient (Wildman–Crippen LogP) is 16.4. The second-order valence-corrected chi connectivity index (χ2v) is 24.9. The Morgan fingerprint density at radius 3 is 1.37 bits per heavy atom. The van der Waals surface area contributed by atoms with Crippen LogP contribution < -0.4 is 4.90 Å². The van der Waals surface area contributed by atoms with E-state index in [-0.39, 0.29) is 37.5 Å². The number of aliphatic carboxylic acids is 1. The van der Waals surface area contributed by atoms with Crippen molar-refractivity contribution in [2.45, 2.75) is 80.1 Å². The zero-order chi connectivity index (χ0) is 48.9. The average Bonchev–Trinajstić information content (AvgIpc) is 3.98. The quantitative estimate of drug-likeness (QED) is 0.0462. The molecule has 8 heteroatoms. The van der Waals surface area contributed by atoms with Gasteiger partial charge >= 0.3 is 27.0 Å². The van der Waals surface area contributed by atoms with Crippen LogP contribution in [0.2, 0.25) is 0 Å². The van der Waals surface area contributed by atoms with E-state index >= 15 is 0 Å². The number of hydrogen-bond donors (Lipinski definition) is 1. The Labute approximate surface area is 429 Å². The normalized spacial score (nSPS) is 12.9. The molecule has 4 nitrogen and oxygen atoms in total. The zero-order valence-electron chi connectivity index (χ0n) is 41.2. The summed E-state index contributed by atoms with van der Waals surface area (Å²) in [5, 5.41) is 17.0. The maximum Gasteiger partial charge on any atom is 2.00 e. The zero-order valence-corrected chi connectivity index (χ0v) is 46.1. The van der Waals surface area contributed by atoms with Crippen molar-refractivity contribution in [2.75, 3.05) is 41.9 Å². The van der Waals surface area contributed by atoms with Crippen LogP contribution in [0.4, 0.5) is 17.1 Å². The van der Waals surface area contributed by atoms with Gasteiger partial charge in [-0.1, -0.05) is 153 Å². The summed E-state index contributed by atoms with van der Waals surface area (Å²) in [6, 6.07) is 44.4. The number of carbonyl (C=O) groups is 1. The van der Waals surface area contributed by atoms with Crippen molar-refractivity contribution >= 4 is 56.3 Å². The number of carboxylic acid groups (broad SMARTS) is 1. The molecule has 5 aromatic carbocycles. The van der Waals surface area contributed by atoms with E-state index in [0.717, 1.165) is 22.6 Å². The second kappa shape index (κ2) is 25.5. The van der Waals surface area contributed by atoms with Gasteiger partial charge in [0, 0.05) is 32.8 Å². The molecule has 8 rings (SSSR count). The standard InChI is InChI=1S/C38H30N.C10H4NO2S.2C6H15P.Pt/c1-6-25-15-17-26(18-16-25)39(27-19-21-31-29-11-7-9-13-33(29)37(2,3)35(31)23-27)28-20-22-32-30-12-8-10-14-34(30)38(4,5)36(32)24-28;1-2-8-3-4-9(14-8)5-7(6-11)10(12)13;2*1-4-7(5-2)6-3;/h7-24H,2-5H3;3-5H,(H,12,13);2*4-6H2,1-3H3;/q2*-1;;;+2/b;7-5+;;;. The average molecular weight is 1130 g/mol. The molecule has 0 amide bonds. The van der Waals surface area contributed by atoms with Crippen LogP contribution in [-0.2, 0) is 36.7 Å². The van der Waals surface area contributed by atoms with Gasteiger partial charge in [0.15, 0.2) is 0 Å². The molecule has 0 unspecified atom stereocenters. The van der Waals surface area contributed by atoms with Gasteiger partial charge in [-0.2, -0.15) is 5.26 Å². The van der Waals surface area contributed by atoms with Gasteiger partial charge in [0.2, 0.25) is 0 Å². The maximum atomic E-state index is 10.5. The Bertz CT molecular complexity index is 2680. The van der Waals surface area contributed by atoms with Crippen molar-refractivity contribution < 1.29 is 31.0 Å². The van der Waals surface area contributed by atoms with Crippen molar-refractivity contribution in [3.8, 4) is 40.2 Å². The van der Waals surface area contributed by atoms with E-state index in [2.05, 4.69) is 183 Å². The first-order valence-corrected chi connectivity index (χ1v) is 27.9. The summed E-state index contributed by atoms with van der Waals surface area (Å²) in [5.74, 6) is 3.44. The van der Waals surface area contributed by atoms with Crippen molar-refractivity contribution in [2.24, 2.45) is 0 Å². The molecule has 0 saturated heterocycles. The molecule has 0 saturated carbocycles. The van der Waals surface area contributed by atoms with Gasteiger partial charge in [0.1, 0.15) is 11.6 Å². The molecule has 0 aliphatic heterocycles. The number of benzene rings is 5. The Morgan fingerprint density at radius 2 is 1.01 bits per heavy atom. The van der Waals surface area contributed by atoms with Crippen LogP contribution in [0.15, 0.2) is 127 Å². The van der Waals surface area contributed by atoms with Gasteiger partial charge in [-0.25, -0.2) is 16.1 Å². The Morgan fingerprint density at radius 1 is 0.603 bits per heavy atom. The van der Waals surface area contributed by atoms with Crippen molar-refractivity contribution in [3.63, 3.8) is 0 Å². The molecular formula is C60H64N2O2P2PtS. The van der Waals surface area contributed by atoms with E-state index in [9.17, 15) is 4.79 Å². The molecule has 0 spiro atoms. The fourth-order valence-corrected chi connectivity index (χ4v) is 12.4. The molecule has 352 valence electrons. The third-order valence-corrected chi connectivity index (χ3v) is 19.3. The van der Waals surface area contributed by atoms with E-state index in [1.807, 2.05) is 12.1 Å². The molecule has 0 bridgehead atoms. The molecule has 0 radical (unpaired) electrons. The number of anilines is 3. The third-order valence-electron chi connectivity index (χ3n) is 13.0. The van der Waals surface area contributed by atoms with Crippen LogP contribution >= 0.6 is 27.2 Å². The Hall–Kier alpha value is -5.03. The summed E-state index contributed by atoms with van der Waals surface area (Å²) in [7, 11) is 0.892. The number of carboxylic acids is 1. The van der Waals surface area contributed by atoms with Crippen LogP contribution in [0, 0.1) is 36.0 Å². The van der Waals surface area contributed by atoms with Crippen LogP contribution in [-0.4, -0.2) is 48.0 Å². The van der Waals surface area contributed by atoms with Gasteiger partial charge in [-0.3, -0.25) is 11.8 Å². The fraction of sp³-hybridized carbons (Fsp3) is 0.300. The minimum Gasteiger partial charge on any atom is -0.477 e. The largest absolute Gasteiger partial charge is 2.00 e. The molecule has 1 aromatic heterocycles. The number of fused-ring (bicyclic) bond motifs is 6. The fourth-order valence-electron chi connectivity index (χ4n) is 8.93. The number of nitriles is 1. The smallest absolute Gasteiger partial charge is 0.477 e. The Balaban J connectivity index is 0.000000285. The first-order valence-electron chi connectivity index (χ1n) is 23.3. The summed E-state index contributed by atoms with van der Waals surface area (Å²) >= 11 is 1.20. The third kappa shape index (κ3) is 12.6. The number of rotatable bonds is 11. The molecule has 2 aliphatic rings. The topological polar surface area (TPSA) is 64.3 Å². The molecule has 1 N–H and O–H groups in total. The van der Waals surface area contributed by atoms with Crippen molar-refractivity contribution in [1.82, 2.24) is 0 Å². The summed E-state index contributed by atoms with van der Waals surface area (Å²) in [6.45, 7) is 23.1. The molecule has 2 aliphatic carbocycles. The minimum atomic E-state index is -1.25. The molecule has 68 heavy (non-hydrogen) atoms. The first-order chi connectivity index (χ1) is 32.2. The second-order valence-electron chi connectivity index (χ2n) is 17.3. The van der Waals surface area contributed by atoms with E-state index in [4.69, 9.17) is 23.2 Å². The van der Waals surface area contributed by atoms with E-state index in [1.165, 1.54) is 98.9 Å². The molecule has 6 aromatic rings. The molecule has 1 heterocycles. The van der Waals surface area contributed by atoms with Gasteiger partial charge in [0.25, 0.3) is 0 Å². The number of hydrogen-bond acceptors (Lipinski definition) is 4. The summed E-state index contributed by atoms with van der Waals surface area (Å²) in [4.78, 5) is 14.0. The number of nitrogens with zero attached hydrogens (tertiary/aromatic N) is 2. The van der Waals surface area contributed by atoms with Crippen LogP contribution in [0.3, 0.4) is 0 Å². The van der Waals surface area contributed by atoms with Crippen molar-refractivity contribution in [3.05, 3.63) is 177 Å². The summed E-state index contributed by atoms with van der Waals surface area (Å²) in [6.07, 6.45) is 24.2. The monoisotopic (exact) mass is 1130 g/mol. The van der Waals surface area contributed by atoms with E-state index < -0.39 is 5.97 Å². The van der Waals surface area contributed by atoms with Gasteiger partial charge in [-0.05, 0) is 112 Å². The van der Waals surface area contributed by atoms with Gasteiger partial charge < -0.3 is 22.9 Å². The minimum absolute atomic E-state index is 0. The maximum absolute atomic E-state index is 10.5. The summed E-state index contributed by atoms with van der Waals surface area (Å²) in [5.41, 5.74) is 14.4. The SMILES string of the molecule is CCP(CC)CC.CCP(CC)CC.[C-]#Cc1ccc(/C=C(\C#N)C(=O)O)s1.[C-]#Cc1ccc(N(c2ccc3c(c2)C(C)(C)c2ccccc2-3)c2ccc3c(c2)C(C)(C)c2ccccc2-3)cc1.[Pt+2]. The Kier molecular flexibility index (Phi) is 20.9. The first kappa shape index (κ1) is 55.6. The van der Waals surface area contributed by atoms with E-state index in [1.54, 1.807) is 18.2 Å². The number of thiophene rings is 1. The van der Waals surface area contributed by atoms with Crippen LogP contribution in [0.5, 0.6) is 0 Å². The van der Waals surface area contributed by atoms with Crippen LogP contribution in [0.25, 0.3) is 28.3 Å².